The van der Waals surface area contributed by atoms with Crippen LogP contribution in [0.4, 0.5) is 5.13 Å². The Morgan fingerprint density at radius 1 is 1.21 bits per heavy atom. The number of aromatic nitrogens is 4. The Hall–Kier alpha value is -2.61. The molecule has 0 spiro atoms. The highest BCUT2D eigenvalue weighted by molar-refractivity contribution is 7.21. The Labute approximate surface area is 168 Å². The molecule has 0 radical (unpaired) electrons. The second-order valence-electron chi connectivity index (χ2n) is 7.05. The summed E-state index contributed by atoms with van der Waals surface area (Å²) in [6, 6.07) is 3.95. The predicted octanol–water partition coefficient (Wildman–Crippen LogP) is 3.28. The number of carbonyl (C=O) groups excluding carboxylic acids is 1. The van der Waals surface area contributed by atoms with Gasteiger partial charge in [0.05, 0.1) is 5.69 Å². The first kappa shape index (κ1) is 18.7. The quantitative estimate of drug-likeness (QED) is 0.644. The number of hydrogen-bond donors (Lipinski definition) is 1. The number of nitrogens with zero attached hydrogens (tertiary/aromatic N) is 5. The van der Waals surface area contributed by atoms with E-state index >= 15 is 0 Å². The number of amides is 1. The van der Waals surface area contributed by atoms with E-state index in [0.717, 1.165) is 72.1 Å². The Kier molecular flexibility index (Phi) is 5.76. The zero-order valence-electron chi connectivity index (χ0n) is 16.0. The fraction of sp³-hybridized carbons (Fsp3) is 0.450. The molecule has 1 aliphatic heterocycles. The number of carbonyl (C=O) groups is 1. The molecule has 3 aromatic rings. The van der Waals surface area contributed by atoms with Gasteiger partial charge in [-0.25, -0.2) is 19.9 Å². The van der Waals surface area contributed by atoms with Crippen LogP contribution in [0.15, 0.2) is 30.9 Å². The average Bonchev–Trinajstić information content (AvgIpc) is 3.18. The third kappa shape index (κ3) is 4.11. The zero-order valence-corrected chi connectivity index (χ0v) is 16.8. The Morgan fingerprint density at radius 2 is 2.00 bits per heavy atom. The minimum atomic E-state index is 0.116. The molecular weight excluding hydrogens is 372 g/mol. The van der Waals surface area contributed by atoms with Gasteiger partial charge >= 0.3 is 0 Å². The van der Waals surface area contributed by atoms with Gasteiger partial charge in [-0.1, -0.05) is 24.7 Å². The van der Waals surface area contributed by atoms with Gasteiger partial charge in [-0.05, 0) is 31.4 Å². The van der Waals surface area contributed by atoms with Gasteiger partial charge in [0.25, 0.3) is 0 Å². The minimum absolute atomic E-state index is 0.116. The summed E-state index contributed by atoms with van der Waals surface area (Å²) >= 11 is 1.60. The number of unbranched alkanes of at least 4 members (excludes halogenated alkanes) is 1. The average molecular weight is 397 g/mol. The third-order valence-corrected chi connectivity index (χ3v) is 6.09. The summed E-state index contributed by atoms with van der Waals surface area (Å²) in [5, 5.41) is 4.04. The fourth-order valence-corrected chi connectivity index (χ4v) is 4.39. The minimum Gasteiger partial charge on any atom is -0.356 e. The van der Waals surface area contributed by atoms with E-state index in [9.17, 15) is 4.79 Å². The number of piperidine rings is 1. The van der Waals surface area contributed by atoms with Gasteiger partial charge < -0.3 is 10.2 Å². The van der Waals surface area contributed by atoms with Crippen LogP contribution in [0.3, 0.4) is 0 Å². The Bertz CT molecular complexity index is 936. The molecule has 1 saturated heterocycles. The first-order chi connectivity index (χ1) is 13.7. The molecule has 1 fully saturated rings. The van der Waals surface area contributed by atoms with Crippen LogP contribution in [-0.4, -0.2) is 45.5 Å². The van der Waals surface area contributed by atoms with Crippen molar-refractivity contribution in [3.05, 3.63) is 30.9 Å². The van der Waals surface area contributed by atoms with Crippen LogP contribution >= 0.6 is 11.3 Å². The van der Waals surface area contributed by atoms with Gasteiger partial charge in [-0.2, -0.15) is 0 Å². The highest BCUT2D eigenvalue weighted by atomic mass is 32.1. The van der Waals surface area contributed by atoms with Crippen molar-refractivity contribution in [2.24, 2.45) is 5.92 Å². The Morgan fingerprint density at radius 3 is 2.75 bits per heavy atom. The molecule has 1 N–H and O–H groups in total. The summed E-state index contributed by atoms with van der Waals surface area (Å²) in [6.07, 6.45) is 8.92. The number of fused-ring (bicyclic) bond motifs is 1. The molecule has 0 aliphatic carbocycles. The van der Waals surface area contributed by atoms with E-state index in [1.807, 2.05) is 12.1 Å². The van der Waals surface area contributed by atoms with E-state index < -0.39 is 0 Å². The van der Waals surface area contributed by atoms with Crippen molar-refractivity contribution in [1.82, 2.24) is 25.3 Å². The van der Waals surface area contributed by atoms with E-state index in [0.29, 0.717) is 0 Å². The molecule has 146 valence electrons. The maximum absolute atomic E-state index is 12.3. The number of pyridine rings is 1. The van der Waals surface area contributed by atoms with Gasteiger partial charge in [0, 0.05) is 43.5 Å². The summed E-state index contributed by atoms with van der Waals surface area (Å²) < 4.78 is 0. The normalized spacial score (nSPS) is 15.1. The molecule has 28 heavy (non-hydrogen) atoms. The maximum atomic E-state index is 12.3. The topological polar surface area (TPSA) is 83.9 Å². The molecule has 0 unspecified atom stereocenters. The molecule has 1 aliphatic rings. The van der Waals surface area contributed by atoms with Crippen LogP contribution < -0.4 is 10.2 Å². The van der Waals surface area contributed by atoms with E-state index in [1.165, 1.54) is 6.33 Å². The molecule has 4 heterocycles. The molecule has 1 amide bonds. The molecule has 0 aromatic carbocycles. The lowest BCUT2D eigenvalue weighted by atomic mass is 9.96. The number of rotatable bonds is 6. The highest BCUT2D eigenvalue weighted by Gasteiger charge is 2.26. The van der Waals surface area contributed by atoms with Gasteiger partial charge in [-0.15, -0.1) is 0 Å². The molecule has 0 saturated carbocycles. The monoisotopic (exact) mass is 396 g/mol. The summed E-state index contributed by atoms with van der Waals surface area (Å²) in [6.45, 7) is 4.62. The summed E-state index contributed by atoms with van der Waals surface area (Å²) in [5.74, 6) is 0.319. The maximum Gasteiger partial charge on any atom is 0.223 e. The number of thiazole rings is 1. The van der Waals surface area contributed by atoms with Gasteiger partial charge in [0.15, 0.2) is 5.13 Å². The molecule has 3 aromatic heterocycles. The first-order valence-electron chi connectivity index (χ1n) is 9.80. The van der Waals surface area contributed by atoms with Crippen LogP contribution in [0, 0.1) is 5.92 Å². The lowest BCUT2D eigenvalue weighted by Gasteiger charge is -2.30. The summed E-state index contributed by atoms with van der Waals surface area (Å²) in [7, 11) is 0. The fourth-order valence-electron chi connectivity index (χ4n) is 3.40. The largest absolute Gasteiger partial charge is 0.356 e. The number of hydrogen-bond acceptors (Lipinski definition) is 7. The molecule has 0 bridgehead atoms. The Balaban J connectivity index is 1.42. The van der Waals surface area contributed by atoms with Crippen molar-refractivity contribution in [1.29, 1.82) is 0 Å². The van der Waals surface area contributed by atoms with Gasteiger partial charge in [0.2, 0.25) is 5.91 Å². The van der Waals surface area contributed by atoms with E-state index in [2.05, 4.69) is 27.1 Å². The lowest BCUT2D eigenvalue weighted by molar-refractivity contribution is -0.125. The standard InChI is InChI=1S/C20H24N6OS/c1-2-3-8-23-18(27)14-6-9-26(10-7-14)20-25-17-5-4-16(24-19(17)28-20)15-11-21-13-22-12-15/h4-5,11-14H,2-3,6-10H2,1H3,(H,23,27). The van der Waals surface area contributed by atoms with Crippen molar-refractivity contribution in [2.45, 2.75) is 32.6 Å². The number of nitrogens with one attached hydrogen (secondary N) is 1. The van der Waals surface area contributed by atoms with Crippen LogP contribution in [0.5, 0.6) is 0 Å². The van der Waals surface area contributed by atoms with E-state index in [-0.39, 0.29) is 11.8 Å². The van der Waals surface area contributed by atoms with Gasteiger partial charge in [0.1, 0.15) is 16.7 Å². The lowest BCUT2D eigenvalue weighted by Crippen LogP contribution is -2.40. The van der Waals surface area contributed by atoms with Crippen molar-refractivity contribution in [3.63, 3.8) is 0 Å². The third-order valence-electron chi connectivity index (χ3n) is 5.07. The number of anilines is 1. The SMILES string of the molecule is CCCCNC(=O)C1CCN(c2nc3ccc(-c4cncnc4)nc3s2)CC1. The van der Waals surface area contributed by atoms with Crippen molar-refractivity contribution in [2.75, 3.05) is 24.5 Å². The first-order valence-corrected chi connectivity index (χ1v) is 10.6. The van der Waals surface area contributed by atoms with Crippen molar-refractivity contribution in [3.8, 4) is 11.3 Å². The van der Waals surface area contributed by atoms with Gasteiger partial charge in [-0.3, -0.25) is 4.79 Å². The van der Waals surface area contributed by atoms with Crippen LogP contribution in [0.25, 0.3) is 21.6 Å². The van der Waals surface area contributed by atoms with Crippen LogP contribution in [0.2, 0.25) is 0 Å². The smallest absolute Gasteiger partial charge is 0.223 e. The van der Waals surface area contributed by atoms with Crippen molar-refractivity contribution < 1.29 is 4.79 Å². The summed E-state index contributed by atoms with van der Waals surface area (Å²) in [4.78, 5) is 33.1. The second-order valence-corrected chi connectivity index (χ2v) is 8.01. The van der Waals surface area contributed by atoms with Crippen molar-refractivity contribution >= 4 is 32.7 Å². The summed E-state index contributed by atoms with van der Waals surface area (Å²) in [5.41, 5.74) is 2.65. The highest BCUT2D eigenvalue weighted by Crippen LogP contribution is 2.32. The van der Waals surface area contributed by atoms with Crippen LogP contribution in [-0.2, 0) is 4.79 Å². The van der Waals surface area contributed by atoms with Crippen LogP contribution in [0.1, 0.15) is 32.6 Å². The predicted molar refractivity (Wildman–Crippen MR) is 111 cm³/mol. The molecule has 7 nitrogen and oxygen atoms in total. The second kappa shape index (κ2) is 8.60. The molecule has 8 heteroatoms. The molecule has 4 rings (SSSR count). The molecular formula is C20H24N6OS. The van der Waals surface area contributed by atoms with E-state index in [1.54, 1.807) is 23.7 Å². The molecule has 0 atom stereocenters. The zero-order chi connectivity index (χ0) is 19.3. The van der Waals surface area contributed by atoms with E-state index in [4.69, 9.17) is 9.97 Å².